The zero-order chi connectivity index (χ0) is 23.7. The van der Waals surface area contributed by atoms with Crippen LogP contribution in [0.4, 0.5) is 0 Å². The van der Waals surface area contributed by atoms with Crippen molar-refractivity contribution in [3.63, 3.8) is 0 Å². The Bertz CT molecular complexity index is 1050. The van der Waals surface area contributed by atoms with Gasteiger partial charge in [0.05, 0.1) is 11.1 Å². The van der Waals surface area contributed by atoms with Crippen LogP contribution < -0.4 is 5.32 Å². The maximum absolute atomic E-state index is 12.8. The summed E-state index contributed by atoms with van der Waals surface area (Å²) in [7, 11) is 0. The van der Waals surface area contributed by atoms with Gasteiger partial charge in [-0.25, -0.2) is 0 Å². The molecule has 1 fully saturated rings. The molecule has 1 atom stereocenters. The number of hydrogen-bond acceptors (Lipinski definition) is 4. The lowest BCUT2D eigenvalue weighted by molar-refractivity contribution is -0.125. The molecule has 2 aromatic carbocycles. The van der Waals surface area contributed by atoms with E-state index in [9.17, 15) is 19.2 Å². The van der Waals surface area contributed by atoms with E-state index >= 15 is 0 Å². The number of rotatable bonds is 5. The highest BCUT2D eigenvalue weighted by Gasteiger charge is 2.41. The minimum Gasteiger partial charge on any atom is -0.351 e. The van der Waals surface area contributed by atoms with E-state index in [-0.39, 0.29) is 17.9 Å². The number of imide groups is 1. The van der Waals surface area contributed by atoms with Gasteiger partial charge in [0, 0.05) is 24.7 Å². The van der Waals surface area contributed by atoms with Crippen molar-refractivity contribution in [3.8, 4) is 0 Å². The summed E-state index contributed by atoms with van der Waals surface area (Å²) in [5, 5.41) is 2.96. The van der Waals surface area contributed by atoms with Gasteiger partial charge in [0.15, 0.2) is 0 Å². The van der Waals surface area contributed by atoms with Crippen LogP contribution in [0.5, 0.6) is 0 Å². The molecule has 7 nitrogen and oxygen atoms in total. The highest BCUT2D eigenvalue weighted by molar-refractivity contribution is 6.22. The number of carbonyl (C=O) groups excluding carboxylic acids is 4. The summed E-state index contributed by atoms with van der Waals surface area (Å²) in [6.45, 7) is 6.88. The van der Waals surface area contributed by atoms with Crippen molar-refractivity contribution < 1.29 is 19.2 Å². The molecule has 0 aliphatic carbocycles. The van der Waals surface area contributed by atoms with Crippen LogP contribution in [0, 0.1) is 0 Å². The quantitative estimate of drug-likeness (QED) is 0.713. The minimum atomic E-state index is -0.906. The number of hydrogen-bond donors (Lipinski definition) is 1. The Labute approximate surface area is 193 Å². The van der Waals surface area contributed by atoms with Gasteiger partial charge < -0.3 is 10.2 Å². The summed E-state index contributed by atoms with van der Waals surface area (Å²) in [4.78, 5) is 53.8. The number of nitrogens with zero attached hydrogens (tertiary/aromatic N) is 2. The minimum absolute atomic E-state index is 0.00512. The SMILES string of the molecule is CC(C)c1ccc(C(=O)N2CCC(NC(=O)C(C)N3C(=O)c4ccccc4C3=O)CC2)cc1. The van der Waals surface area contributed by atoms with Gasteiger partial charge in [0.25, 0.3) is 17.7 Å². The molecule has 0 radical (unpaired) electrons. The largest absolute Gasteiger partial charge is 0.351 e. The van der Waals surface area contributed by atoms with E-state index in [2.05, 4.69) is 19.2 Å². The Balaban J connectivity index is 1.32. The fraction of sp³-hybridized carbons (Fsp3) is 0.385. The molecular formula is C26H29N3O4. The number of benzene rings is 2. The van der Waals surface area contributed by atoms with Crippen LogP contribution >= 0.6 is 0 Å². The van der Waals surface area contributed by atoms with E-state index in [1.54, 1.807) is 36.1 Å². The van der Waals surface area contributed by atoms with Gasteiger partial charge in [-0.05, 0) is 55.5 Å². The topological polar surface area (TPSA) is 86.8 Å². The van der Waals surface area contributed by atoms with Crippen LogP contribution in [0.15, 0.2) is 48.5 Å². The molecular weight excluding hydrogens is 418 g/mol. The van der Waals surface area contributed by atoms with Crippen molar-refractivity contribution in [2.24, 2.45) is 0 Å². The predicted octanol–water partition coefficient (Wildman–Crippen LogP) is 3.22. The van der Waals surface area contributed by atoms with Gasteiger partial charge in [0.2, 0.25) is 5.91 Å². The molecule has 0 aromatic heterocycles. The van der Waals surface area contributed by atoms with E-state index in [1.807, 2.05) is 24.3 Å². The summed E-state index contributed by atoms with van der Waals surface area (Å²) in [6, 6.07) is 13.3. The van der Waals surface area contributed by atoms with Crippen LogP contribution in [-0.2, 0) is 4.79 Å². The second kappa shape index (κ2) is 9.17. The molecule has 1 unspecified atom stereocenters. The first kappa shape index (κ1) is 22.7. The third-order valence-electron chi connectivity index (χ3n) is 6.55. The van der Waals surface area contributed by atoms with Crippen molar-refractivity contribution in [2.75, 3.05) is 13.1 Å². The number of amides is 4. The Kier molecular flexibility index (Phi) is 6.31. The van der Waals surface area contributed by atoms with E-state index in [0.29, 0.717) is 48.5 Å². The van der Waals surface area contributed by atoms with E-state index in [1.165, 1.54) is 5.56 Å². The number of fused-ring (bicyclic) bond motifs is 1. The molecule has 2 aliphatic heterocycles. The molecule has 4 rings (SSSR count). The molecule has 4 amide bonds. The third kappa shape index (κ3) is 4.40. The predicted molar refractivity (Wildman–Crippen MR) is 124 cm³/mol. The highest BCUT2D eigenvalue weighted by atomic mass is 16.2. The van der Waals surface area contributed by atoms with Crippen LogP contribution in [-0.4, -0.2) is 58.6 Å². The fourth-order valence-corrected chi connectivity index (χ4v) is 4.42. The van der Waals surface area contributed by atoms with Crippen molar-refractivity contribution >= 4 is 23.6 Å². The normalized spacial score (nSPS) is 17.3. The summed E-state index contributed by atoms with van der Waals surface area (Å²) >= 11 is 0. The molecule has 1 N–H and O–H groups in total. The molecule has 2 aliphatic rings. The Morgan fingerprint density at radius 2 is 1.42 bits per heavy atom. The average Bonchev–Trinajstić information content (AvgIpc) is 3.08. The maximum atomic E-state index is 12.8. The first-order valence-corrected chi connectivity index (χ1v) is 11.4. The molecule has 0 spiro atoms. The lowest BCUT2D eigenvalue weighted by Crippen LogP contribution is -2.53. The first-order valence-electron chi connectivity index (χ1n) is 11.4. The summed E-state index contributed by atoms with van der Waals surface area (Å²) in [6.07, 6.45) is 1.24. The lowest BCUT2D eigenvalue weighted by Gasteiger charge is -2.33. The number of piperidine rings is 1. The average molecular weight is 448 g/mol. The zero-order valence-corrected chi connectivity index (χ0v) is 19.2. The molecule has 33 heavy (non-hydrogen) atoms. The smallest absolute Gasteiger partial charge is 0.262 e. The van der Waals surface area contributed by atoms with E-state index in [0.717, 1.165) is 4.90 Å². The standard InChI is InChI=1S/C26H29N3O4/c1-16(2)18-8-10-19(11-9-18)24(31)28-14-12-20(13-15-28)27-23(30)17(3)29-25(32)21-6-4-5-7-22(21)26(29)33/h4-11,16-17,20H,12-15H2,1-3H3,(H,27,30). The number of likely N-dealkylation sites (tertiary alicyclic amines) is 1. The Hall–Kier alpha value is -3.48. The van der Waals surface area contributed by atoms with E-state index < -0.39 is 17.9 Å². The van der Waals surface area contributed by atoms with Crippen LogP contribution in [0.1, 0.15) is 76.2 Å². The monoisotopic (exact) mass is 447 g/mol. The van der Waals surface area contributed by atoms with Crippen LogP contribution in [0.2, 0.25) is 0 Å². The summed E-state index contributed by atoms with van der Waals surface area (Å²) in [5.41, 5.74) is 2.52. The van der Waals surface area contributed by atoms with Crippen molar-refractivity contribution in [1.29, 1.82) is 0 Å². The van der Waals surface area contributed by atoms with Crippen molar-refractivity contribution in [1.82, 2.24) is 15.1 Å². The van der Waals surface area contributed by atoms with Gasteiger partial charge in [0.1, 0.15) is 6.04 Å². The van der Waals surface area contributed by atoms with Crippen LogP contribution in [0.3, 0.4) is 0 Å². The van der Waals surface area contributed by atoms with Gasteiger partial charge in [-0.2, -0.15) is 0 Å². The molecule has 2 aromatic rings. The second-order valence-corrected chi connectivity index (χ2v) is 9.05. The summed E-state index contributed by atoms with van der Waals surface area (Å²) < 4.78 is 0. The van der Waals surface area contributed by atoms with Gasteiger partial charge >= 0.3 is 0 Å². The van der Waals surface area contributed by atoms with Gasteiger partial charge in [-0.15, -0.1) is 0 Å². The second-order valence-electron chi connectivity index (χ2n) is 9.05. The molecule has 7 heteroatoms. The van der Waals surface area contributed by atoms with E-state index in [4.69, 9.17) is 0 Å². The van der Waals surface area contributed by atoms with Crippen molar-refractivity contribution in [3.05, 3.63) is 70.8 Å². The lowest BCUT2D eigenvalue weighted by atomic mass is 10.00. The Morgan fingerprint density at radius 1 is 0.879 bits per heavy atom. The summed E-state index contributed by atoms with van der Waals surface area (Å²) in [5.74, 6) is -0.839. The van der Waals surface area contributed by atoms with Gasteiger partial charge in [-0.3, -0.25) is 24.1 Å². The van der Waals surface area contributed by atoms with Gasteiger partial charge in [-0.1, -0.05) is 38.1 Å². The molecule has 0 bridgehead atoms. The highest BCUT2D eigenvalue weighted by Crippen LogP contribution is 2.25. The molecule has 2 heterocycles. The van der Waals surface area contributed by atoms with Crippen molar-refractivity contribution in [2.45, 2.75) is 51.6 Å². The fourth-order valence-electron chi connectivity index (χ4n) is 4.42. The number of nitrogens with one attached hydrogen (secondary N) is 1. The molecule has 172 valence electrons. The third-order valence-corrected chi connectivity index (χ3v) is 6.55. The number of carbonyl (C=O) groups is 4. The maximum Gasteiger partial charge on any atom is 0.262 e. The van der Waals surface area contributed by atoms with Crippen LogP contribution in [0.25, 0.3) is 0 Å². The molecule has 0 saturated carbocycles. The first-order chi connectivity index (χ1) is 15.8. The molecule has 1 saturated heterocycles. The zero-order valence-electron chi connectivity index (χ0n) is 19.2. The Morgan fingerprint density at radius 3 is 1.94 bits per heavy atom.